The Morgan fingerprint density at radius 3 is 2.05 bits per heavy atom. The first kappa shape index (κ1) is 16.1. The molecule has 2 rings (SSSR count). The van der Waals surface area contributed by atoms with E-state index in [2.05, 4.69) is 4.72 Å². The average molecular weight is 327 g/mol. The van der Waals surface area contributed by atoms with E-state index in [4.69, 9.17) is 0 Å². The third-order valence-corrected chi connectivity index (χ3v) is 3.73. The zero-order valence-corrected chi connectivity index (χ0v) is 12.0. The Balaban J connectivity index is 2.10. The number of nitrogens with one attached hydrogen (secondary N) is 1. The van der Waals surface area contributed by atoms with Gasteiger partial charge in [0.05, 0.1) is 11.0 Å². The van der Waals surface area contributed by atoms with Gasteiger partial charge >= 0.3 is 6.18 Å². The first-order valence-electron chi connectivity index (χ1n) is 6.19. The summed E-state index contributed by atoms with van der Waals surface area (Å²) in [6.45, 7) is 0. The van der Waals surface area contributed by atoms with Gasteiger partial charge in [0.15, 0.2) is 0 Å². The van der Waals surface area contributed by atoms with E-state index in [1.807, 2.05) is 0 Å². The number of halogens is 3. The third kappa shape index (κ3) is 4.63. The second kappa shape index (κ2) is 6.23. The minimum absolute atomic E-state index is 0.0608. The lowest BCUT2D eigenvalue weighted by atomic mass is 10.2. The number of anilines is 1. The molecule has 0 aliphatic rings. The quantitative estimate of drug-likeness (QED) is 0.918. The number of benzene rings is 2. The second-order valence-corrected chi connectivity index (χ2v) is 6.00. The predicted octanol–water partition coefficient (Wildman–Crippen LogP) is 4.12. The van der Waals surface area contributed by atoms with Gasteiger partial charge in [0.1, 0.15) is 0 Å². The molecule has 0 fully saturated rings. The van der Waals surface area contributed by atoms with Crippen molar-refractivity contribution in [3.05, 3.63) is 71.1 Å². The van der Waals surface area contributed by atoms with Crippen LogP contribution in [0.2, 0.25) is 0 Å². The first-order valence-corrected chi connectivity index (χ1v) is 7.74. The summed E-state index contributed by atoms with van der Waals surface area (Å²) in [6, 6.07) is 12.5. The van der Waals surface area contributed by atoms with E-state index >= 15 is 0 Å². The summed E-state index contributed by atoms with van der Waals surface area (Å²) in [4.78, 5) is 0. The smallest absolute Gasteiger partial charge is 0.280 e. The molecule has 0 unspecified atom stereocenters. The summed E-state index contributed by atoms with van der Waals surface area (Å²) < 4.78 is 63.1. The van der Waals surface area contributed by atoms with Crippen LogP contribution in [0.25, 0.3) is 6.08 Å². The first-order chi connectivity index (χ1) is 10.3. The summed E-state index contributed by atoms with van der Waals surface area (Å²) in [5.41, 5.74) is -0.0821. The van der Waals surface area contributed by atoms with Crippen LogP contribution in [-0.2, 0) is 16.2 Å². The molecule has 0 aliphatic heterocycles. The van der Waals surface area contributed by atoms with Gasteiger partial charge < -0.3 is 0 Å². The van der Waals surface area contributed by atoms with Crippen molar-refractivity contribution in [2.45, 2.75) is 6.18 Å². The van der Waals surface area contributed by atoms with E-state index in [0.717, 1.165) is 29.7 Å². The third-order valence-electron chi connectivity index (χ3n) is 2.71. The largest absolute Gasteiger partial charge is 0.416 e. The highest BCUT2D eigenvalue weighted by atomic mass is 32.2. The van der Waals surface area contributed by atoms with Crippen molar-refractivity contribution in [1.29, 1.82) is 0 Å². The van der Waals surface area contributed by atoms with Crippen LogP contribution in [0.1, 0.15) is 11.1 Å². The van der Waals surface area contributed by atoms with E-state index in [1.165, 1.54) is 6.08 Å². The van der Waals surface area contributed by atoms with Gasteiger partial charge in [-0.2, -0.15) is 13.2 Å². The van der Waals surface area contributed by atoms with E-state index in [-0.39, 0.29) is 5.69 Å². The Bertz CT molecular complexity index is 752. The lowest BCUT2D eigenvalue weighted by Crippen LogP contribution is -2.10. The summed E-state index contributed by atoms with van der Waals surface area (Å²) in [5.74, 6) is 0. The summed E-state index contributed by atoms with van der Waals surface area (Å²) in [5, 5.41) is 0.958. The molecule has 3 nitrogen and oxygen atoms in total. The maximum Gasteiger partial charge on any atom is 0.416 e. The Hall–Kier alpha value is -2.28. The zero-order chi connectivity index (χ0) is 16.2. The van der Waals surface area contributed by atoms with Crippen LogP contribution in [0, 0.1) is 0 Å². The van der Waals surface area contributed by atoms with Gasteiger partial charge in [-0.1, -0.05) is 30.3 Å². The maximum atomic E-state index is 12.4. The molecule has 0 atom stereocenters. The second-order valence-electron chi connectivity index (χ2n) is 4.44. The lowest BCUT2D eigenvalue weighted by molar-refractivity contribution is -0.137. The van der Waals surface area contributed by atoms with Crippen molar-refractivity contribution in [3.8, 4) is 0 Å². The van der Waals surface area contributed by atoms with E-state index < -0.39 is 21.8 Å². The van der Waals surface area contributed by atoms with Gasteiger partial charge in [0.25, 0.3) is 10.0 Å². The topological polar surface area (TPSA) is 46.2 Å². The molecule has 0 aliphatic carbocycles. The monoisotopic (exact) mass is 327 g/mol. The summed E-state index contributed by atoms with van der Waals surface area (Å²) >= 11 is 0. The van der Waals surface area contributed by atoms with E-state index in [0.29, 0.717) is 5.56 Å². The Labute approximate surface area is 126 Å². The standard InChI is InChI=1S/C15H12F3NO2S/c16-15(17,18)13-6-8-14(9-7-13)19-22(20,21)11-10-12-4-2-1-3-5-12/h1-11,19H/b11-10-. The van der Waals surface area contributed by atoms with Crippen molar-refractivity contribution < 1.29 is 21.6 Å². The minimum atomic E-state index is -4.45. The van der Waals surface area contributed by atoms with Gasteiger partial charge in [-0.15, -0.1) is 0 Å². The molecule has 2 aromatic rings. The molecule has 7 heteroatoms. The molecule has 0 amide bonds. The van der Waals surface area contributed by atoms with Crippen LogP contribution >= 0.6 is 0 Å². The van der Waals surface area contributed by atoms with Crippen molar-refractivity contribution in [3.63, 3.8) is 0 Å². The SMILES string of the molecule is O=S(=O)(/C=C\c1ccccc1)Nc1ccc(C(F)(F)F)cc1. The molecule has 0 radical (unpaired) electrons. The fourth-order valence-electron chi connectivity index (χ4n) is 1.66. The fourth-order valence-corrected chi connectivity index (χ4v) is 2.53. The van der Waals surface area contributed by atoms with Crippen LogP contribution in [-0.4, -0.2) is 8.42 Å². The van der Waals surface area contributed by atoms with Crippen molar-refractivity contribution in [1.82, 2.24) is 0 Å². The molecule has 0 aromatic heterocycles. The highest BCUT2D eigenvalue weighted by Gasteiger charge is 2.30. The molecule has 2 aromatic carbocycles. The highest BCUT2D eigenvalue weighted by molar-refractivity contribution is 7.95. The minimum Gasteiger partial charge on any atom is -0.280 e. The number of alkyl halides is 3. The van der Waals surface area contributed by atoms with Gasteiger partial charge in [-0.3, -0.25) is 4.72 Å². The number of hydrogen-bond acceptors (Lipinski definition) is 2. The molecular weight excluding hydrogens is 315 g/mol. The molecule has 0 saturated heterocycles. The average Bonchev–Trinajstić information content (AvgIpc) is 2.46. The van der Waals surface area contributed by atoms with Crippen LogP contribution in [0.4, 0.5) is 18.9 Å². The number of hydrogen-bond donors (Lipinski definition) is 1. The zero-order valence-electron chi connectivity index (χ0n) is 11.2. The van der Waals surface area contributed by atoms with Crippen molar-refractivity contribution in [2.24, 2.45) is 0 Å². The molecule has 0 heterocycles. The van der Waals surface area contributed by atoms with Crippen molar-refractivity contribution >= 4 is 21.8 Å². The summed E-state index contributed by atoms with van der Waals surface area (Å²) in [6.07, 6.45) is -3.06. The molecule has 1 N–H and O–H groups in total. The number of sulfonamides is 1. The van der Waals surface area contributed by atoms with E-state index in [9.17, 15) is 21.6 Å². The summed E-state index contributed by atoms with van der Waals surface area (Å²) in [7, 11) is -3.79. The molecule has 0 bridgehead atoms. The molecule has 0 saturated carbocycles. The number of rotatable bonds is 4. The van der Waals surface area contributed by atoms with Crippen LogP contribution in [0.15, 0.2) is 60.0 Å². The highest BCUT2D eigenvalue weighted by Crippen LogP contribution is 2.29. The maximum absolute atomic E-state index is 12.4. The normalized spacial score (nSPS) is 12.5. The van der Waals surface area contributed by atoms with Crippen LogP contribution < -0.4 is 4.72 Å². The predicted molar refractivity (Wildman–Crippen MR) is 79.5 cm³/mol. The Morgan fingerprint density at radius 1 is 0.909 bits per heavy atom. The van der Waals surface area contributed by atoms with Gasteiger partial charge in [0.2, 0.25) is 0 Å². The molecule has 0 spiro atoms. The Kier molecular flexibility index (Phi) is 4.56. The molecule has 22 heavy (non-hydrogen) atoms. The van der Waals surface area contributed by atoms with Crippen molar-refractivity contribution in [2.75, 3.05) is 4.72 Å². The lowest BCUT2D eigenvalue weighted by Gasteiger charge is -2.08. The van der Waals surface area contributed by atoms with Gasteiger partial charge in [0, 0.05) is 5.69 Å². The fraction of sp³-hybridized carbons (Fsp3) is 0.0667. The van der Waals surface area contributed by atoms with Crippen LogP contribution in [0.5, 0.6) is 0 Å². The van der Waals surface area contributed by atoms with Crippen LogP contribution in [0.3, 0.4) is 0 Å². The molecule has 116 valence electrons. The van der Waals surface area contributed by atoms with Gasteiger partial charge in [-0.05, 0) is 35.9 Å². The van der Waals surface area contributed by atoms with E-state index in [1.54, 1.807) is 30.3 Å². The van der Waals surface area contributed by atoms with Gasteiger partial charge in [-0.25, -0.2) is 8.42 Å². The molecular formula is C15H12F3NO2S. The Morgan fingerprint density at radius 2 is 1.50 bits per heavy atom.